The summed E-state index contributed by atoms with van der Waals surface area (Å²) in [4.78, 5) is 9.07. The van der Waals surface area contributed by atoms with Gasteiger partial charge in [-0.3, -0.25) is 4.90 Å². The molecule has 5 heteroatoms. The van der Waals surface area contributed by atoms with E-state index in [2.05, 4.69) is 47.1 Å². The average Bonchev–Trinajstić information content (AvgIpc) is 3.11. The molecule has 1 aromatic heterocycles. The summed E-state index contributed by atoms with van der Waals surface area (Å²) in [6, 6.07) is 7.21. The zero-order chi connectivity index (χ0) is 15.5. The lowest BCUT2D eigenvalue weighted by Crippen LogP contribution is -2.29. The smallest absolute Gasteiger partial charge is 0.0937 e. The minimum absolute atomic E-state index is 0.345. The average molecular weight is 316 g/mol. The predicted octanol–water partition coefficient (Wildman–Crippen LogP) is 2.26. The SMILES string of the molecule is CN(C)Cc1ccc2c(c1)C(CN)N(CCc1nccs1)C2. The molecule has 1 aromatic carbocycles. The molecule has 0 spiro atoms. The molecule has 22 heavy (non-hydrogen) atoms. The van der Waals surface area contributed by atoms with Gasteiger partial charge in [-0.05, 0) is 30.8 Å². The van der Waals surface area contributed by atoms with Crippen LogP contribution in [0.4, 0.5) is 0 Å². The van der Waals surface area contributed by atoms with E-state index >= 15 is 0 Å². The van der Waals surface area contributed by atoms with Gasteiger partial charge in [-0.25, -0.2) is 4.98 Å². The molecule has 2 N–H and O–H groups in total. The number of nitrogens with two attached hydrogens (primary N) is 1. The minimum Gasteiger partial charge on any atom is -0.329 e. The van der Waals surface area contributed by atoms with E-state index in [0.717, 1.165) is 26.1 Å². The fourth-order valence-electron chi connectivity index (χ4n) is 3.21. The molecule has 2 heterocycles. The number of nitrogens with zero attached hydrogens (tertiary/aromatic N) is 3. The van der Waals surface area contributed by atoms with Gasteiger partial charge in [0, 0.05) is 50.2 Å². The first-order valence-corrected chi connectivity index (χ1v) is 8.64. The summed E-state index contributed by atoms with van der Waals surface area (Å²) in [6.07, 6.45) is 2.89. The first kappa shape index (κ1) is 15.6. The van der Waals surface area contributed by atoms with E-state index < -0.39 is 0 Å². The molecule has 3 rings (SSSR count). The predicted molar refractivity (Wildman–Crippen MR) is 91.9 cm³/mol. The van der Waals surface area contributed by atoms with Gasteiger partial charge in [-0.2, -0.15) is 0 Å². The van der Waals surface area contributed by atoms with Gasteiger partial charge in [-0.1, -0.05) is 18.2 Å². The number of thiazole rings is 1. The van der Waals surface area contributed by atoms with E-state index in [9.17, 15) is 0 Å². The van der Waals surface area contributed by atoms with Crippen LogP contribution in [-0.4, -0.2) is 42.0 Å². The van der Waals surface area contributed by atoms with E-state index in [1.165, 1.54) is 21.7 Å². The summed E-state index contributed by atoms with van der Waals surface area (Å²) in [5, 5.41) is 3.25. The normalized spacial score (nSPS) is 18.1. The van der Waals surface area contributed by atoms with Crippen molar-refractivity contribution in [2.24, 2.45) is 5.73 Å². The van der Waals surface area contributed by atoms with Gasteiger partial charge in [0.05, 0.1) is 5.01 Å². The molecular weight excluding hydrogens is 292 g/mol. The molecule has 0 fully saturated rings. The number of rotatable bonds is 6. The molecule has 0 saturated carbocycles. The van der Waals surface area contributed by atoms with Crippen LogP contribution in [0.3, 0.4) is 0 Å². The molecule has 0 amide bonds. The lowest BCUT2D eigenvalue weighted by atomic mass is 10.0. The van der Waals surface area contributed by atoms with Gasteiger partial charge >= 0.3 is 0 Å². The van der Waals surface area contributed by atoms with Crippen molar-refractivity contribution in [3.63, 3.8) is 0 Å². The summed E-state index contributed by atoms with van der Waals surface area (Å²) in [5.41, 5.74) is 10.3. The van der Waals surface area contributed by atoms with Gasteiger partial charge in [0.2, 0.25) is 0 Å². The van der Waals surface area contributed by atoms with Crippen molar-refractivity contribution in [1.29, 1.82) is 0 Å². The van der Waals surface area contributed by atoms with Crippen LogP contribution in [-0.2, 0) is 19.5 Å². The molecule has 2 aromatic rings. The van der Waals surface area contributed by atoms with Crippen LogP contribution in [0.5, 0.6) is 0 Å². The molecule has 0 radical (unpaired) electrons. The van der Waals surface area contributed by atoms with Crippen LogP contribution >= 0.6 is 11.3 Å². The summed E-state index contributed by atoms with van der Waals surface area (Å²) >= 11 is 1.73. The Balaban J connectivity index is 1.72. The summed E-state index contributed by atoms with van der Waals surface area (Å²) in [5.74, 6) is 0. The highest BCUT2D eigenvalue weighted by Gasteiger charge is 2.29. The van der Waals surface area contributed by atoms with Crippen molar-refractivity contribution in [2.75, 3.05) is 27.2 Å². The van der Waals surface area contributed by atoms with E-state index in [0.29, 0.717) is 12.6 Å². The molecule has 1 aliphatic heterocycles. The number of hydrogen-bond donors (Lipinski definition) is 1. The van der Waals surface area contributed by atoms with Crippen molar-refractivity contribution in [3.8, 4) is 0 Å². The fourth-order valence-corrected chi connectivity index (χ4v) is 3.82. The number of benzene rings is 1. The Morgan fingerprint density at radius 2 is 2.27 bits per heavy atom. The fraction of sp³-hybridized carbons (Fsp3) is 0.471. The van der Waals surface area contributed by atoms with E-state index in [1.54, 1.807) is 11.3 Å². The molecule has 4 nitrogen and oxygen atoms in total. The molecule has 0 saturated heterocycles. The first-order chi connectivity index (χ1) is 10.7. The Bertz CT molecular complexity index is 609. The van der Waals surface area contributed by atoms with Crippen molar-refractivity contribution in [2.45, 2.75) is 25.6 Å². The van der Waals surface area contributed by atoms with E-state index in [1.807, 2.05) is 11.6 Å². The summed E-state index contributed by atoms with van der Waals surface area (Å²) in [7, 11) is 4.21. The molecular formula is C17H24N4S. The van der Waals surface area contributed by atoms with Crippen LogP contribution in [0.2, 0.25) is 0 Å². The van der Waals surface area contributed by atoms with Crippen LogP contribution in [0.1, 0.15) is 27.7 Å². The zero-order valence-corrected chi connectivity index (χ0v) is 14.1. The van der Waals surface area contributed by atoms with Gasteiger partial charge in [0.25, 0.3) is 0 Å². The second-order valence-electron chi connectivity index (χ2n) is 6.17. The molecule has 1 aliphatic rings. The third-order valence-corrected chi connectivity index (χ3v) is 5.04. The summed E-state index contributed by atoms with van der Waals surface area (Å²) in [6.45, 7) is 3.68. The van der Waals surface area contributed by atoms with E-state index in [-0.39, 0.29) is 0 Å². The highest BCUT2D eigenvalue weighted by atomic mass is 32.1. The quantitative estimate of drug-likeness (QED) is 0.888. The van der Waals surface area contributed by atoms with Crippen molar-refractivity contribution >= 4 is 11.3 Å². The lowest BCUT2D eigenvalue weighted by molar-refractivity contribution is 0.223. The van der Waals surface area contributed by atoms with E-state index in [4.69, 9.17) is 5.73 Å². The Morgan fingerprint density at radius 1 is 1.41 bits per heavy atom. The Morgan fingerprint density at radius 3 is 2.95 bits per heavy atom. The Labute approximate surface area is 136 Å². The van der Waals surface area contributed by atoms with Crippen LogP contribution in [0, 0.1) is 0 Å². The van der Waals surface area contributed by atoms with Crippen molar-refractivity contribution < 1.29 is 0 Å². The number of hydrogen-bond acceptors (Lipinski definition) is 5. The maximum absolute atomic E-state index is 6.07. The number of fused-ring (bicyclic) bond motifs is 1. The van der Waals surface area contributed by atoms with Gasteiger partial charge in [-0.15, -0.1) is 11.3 Å². The third kappa shape index (κ3) is 3.38. The molecule has 0 aliphatic carbocycles. The molecule has 1 unspecified atom stereocenters. The van der Waals surface area contributed by atoms with Gasteiger partial charge < -0.3 is 10.6 Å². The molecule has 118 valence electrons. The second-order valence-corrected chi connectivity index (χ2v) is 7.15. The van der Waals surface area contributed by atoms with Gasteiger partial charge in [0.1, 0.15) is 0 Å². The molecule has 0 bridgehead atoms. The Hall–Kier alpha value is -1.27. The highest BCUT2D eigenvalue weighted by Crippen LogP contribution is 2.33. The topological polar surface area (TPSA) is 45.4 Å². The largest absolute Gasteiger partial charge is 0.329 e. The molecule has 1 atom stereocenters. The Kier molecular flexibility index (Phi) is 4.88. The third-order valence-electron chi connectivity index (χ3n) is 4.20. The second kappa shape index (κ2) is 6.87. The standard InChI is InChI=1S/C17H24N4S/c1-20(2)11-13-3-4-14-12-21(16(10-18)15(14)9-13)7-5-17-19-6-8-22-17/h3-4,6,8-9,16H,5,7,10-12,18H2,1-2H3. The van der Waals surface area contributed by atoms with Crippen LogP contribution in [0.25, 0.3) is 0 Å². The number of aromatic nitrogens is 1. The minimum atomic E-state index is 0.345. The zero-order valence-electron chi connectivity index (χ0n) is 13.3. The lowest BCUT2D eigenvalue weighted by Gasteiger charge is -2.23. The van der Waals surface area contributed by atoms with Crippen LogP contribution < -0.4 is 5.73 Å². The maximum Gasteiger partial charge on any atom is 0.0937 e. The van der Waals surface area contributed by atoms with Crippen molar-refractivity contribution in [1.82, 2.24) is 14.8 Å². The monoisotopic (exact) mass is 316 g/mol. The maximum atomic E-state index is 6.07. The van der Waals surface area contributed by atoms with Gasteiger partial charge in [0.15, 0.2) is 0 Å². The summed E-state index contributed by atoms with van der Waals surface area (Å²) < 4.78 is 0. The van der Waals surface area contributed by atoms with Crippen LogP contribution in [0.15, 0.2) is 29.8 Å². The highest BCUT2D eigenvalue weighted by molar-refractivity contribution is 7.09. The van der Waals surface area contributed by atoms with Crippen molar-refractivity contribution in [3.05, 3.63) is 51.5 Å². The first-order valence-electron chi connectivity index (χ1n) is 7.76.